The van der Waals surface area contributed by atoms with Gasteiger partial charge in [0.25, 0.3) is 5.91 Å². The molecule has 1 saturated heterocycles. The summed E-state index contributed by atoms with van der Waals surface area (Å²) in [6.07, 6.45) is 4.83. The number of unbranched alkanes of at least 4 members (excludes halogenated alkanes) is 1. The number of anilines is 3. The van der Waals surface area contributed by atoms with Gasteiger partial charge in [-0.15, -0.1) is 0 Å². The van der Waals surface area contributed by atoms with E-state index >= 15 is 0 Å². The van der Waals surface area contributed by atoms with Gasteiger partial charge in [0.2, 0.25) is 5.91 Å². The molecule has 6 rings (SSSR count). The molecule has 0 radical (unpaired) electrons. The van der Waals surface area contributed by atoms with Crippen LogP contribution in [-0.4, -0.2) is 40.3 Å². The second-order valence-electron chi connectivity index (χ2n) is 10.8. The predicted molar refractivity (Wildman–Crippen MR) is 171 cm³/mol. The largest absolute Gasteiger partial charge is 0.494 e. The topological polar surface area (TPSA) is 96.8 Å². The first-order valence-electron chi connectivity index (χ1n) is 14.9. The molecular formula is C35H32FN5O4. The Labute approximate surface area is 259 Å². The summed E-state index contributed by atoms with van der Waals surface area (Å²) in [6, 6.07) is 24.3. The molecule has 4 amide bonds. The zero-order valence-electron chi connectivity index (χ0n) is 24.7. The van der Waals surface area contributed by atoms with E-state index in [1.165, 1.54) is 23.2 Å². The standard InChI is InChI=1S/C35H32FN5O4/c1-2-3-19-45-29-17-15-27(16-18-29)41-33(42)20-32(34(41)43)40(28-21-37-39(23-28)22-24-11-13-26(36)14-12-24)35(44)38-31-10-6-8-25-7-4-5-9-30(25)31/h4-18,21,23,32H,2-3,19-20,22H2,1H3,(H,38,44). The van der Waals surface area contributed by atoms with Crippen LogP contribution < -0.4 is 19.9 Å². The maximum absolute atomic E-state index is 14.1. The van der Waals surface area contributed by atoms with Gasteiger partial charge in [0.05, 0.1) is 42.8 Å². The third-order valence-corrected chi connectivity index (χ3v) is 7.70. The predicted octanol–water partition coefficient (Wildman–Crippen LogP) is 6.77. The number of hydrogen-bond donors (Lipinski definition) is 1. The highest BCUT2D eigenvalue weighted by atomic mass is 19.1. The van der Waals surface area contributed by atoms with Crippen LogP contribution in [0, 0.1) is 5.82 Å². The van der Waals surface area contributed by atoms with Crippen molar-refractivity contribution in [3.8, 4) is 5.75 Å². The number of carbonyl (C=O) groups excluding carboxylic acids is 3. The molecule has 2 heterocycles. The Balaban J connectivity index is 1.30. The lowest BCUT2D eigenvalue weighted by molar-refractivity contribution is -0.121. The smallest absolute Gasteiger partial charge is 0.327 e. The summed E-state index contributed by atoms with van der Waals surface area (Å²) in [7, 11) is 0. The zero-order chi connectivity index (χ0) is 31.3. The van der Waals surface area contributed by atoms with E-state index < -0.39 is 23.9 Å². The average Bonchev–Trinajstić information content (AvgIpc) is 3.62. The maximum Gasteiger partial charge on any atom is 0.327 e. The van der Waals surface area contributed by atoms with Crippen molar-refractivity contribution in [2.24, 2.45) is 0 Å². The Morgan fingerprint density at radius 3 is 2.53 bits per heavy atom. The maximum atomic E-state index is 14.1. The van der Waals surface area contributed by atoms with E-state index in [-0.39, 0.29) is 12.2 Å². The number of halogens is 1. The van der Waals surface area contributed by atoms with Gasteiger partial charge in [-0.05, 0) is 59.8 Å². The first-order chi connectivity index (χ1) is 21.9. The Bertz CT molecular complexity index is 1830. The highest BCUT2D eigenvalue weighted by Gasteiger charge is 2.45. The highest BCUT2D eigenvalue weighted by Crippen LogP contribution is 2.31. The molecule has 45 heavy (non-hydrogen) atoms. The van der Waals surface area contributed by atoms with Crippen molar-refractivity contribution < 1.29 is 23.5 Å². The van der Waals surface area contributed by atoms with Crippen LogP contribution in [0.5, 0.6) is 5.75 Å². The minimum absolute atomic E-state index is 0.209. The van der Waals surface area contributed by atoms with Crippen LogP contribution in [0.1, 0.15) is 31.7 Å². The molecule has 10 heteroatoms. The molecule has 0 saturated carbocycles. The second-order valence-corrected chi connectivity index (χ2v) is 10.8. The van der Waals surface area contributed by atoms with Gasteiger partial charge in [0.1, 0.15) is 17.6 Å². The fraction of sp³-hybridized carbons (Fsp3) is 0.200. The molecule has 1 aromatic heterocycles. The molecule has 4 aromatic carbocycles. The Morgan fingerprint density at radius 2 is 1.76 bits per heavy atom. The molecular weight excluding hydrogens is 573 g/mol. The van der Waals surface area contributed by atoms with E-state index in [1.807, 2.05) is 36.4 Å². The Kier molecular flexibility index (Phi) is 8.54. The number of urea groups is 1. The number of benzene rings is 4. The van der Waals surface area contributed by atoms with Crippen LogP contribution >= 0.6 is 0 Å². The van der Waals surface area contributed by atoms with Gasteiger partial charge in [-0.2, -0.15) is 5.10 Å². The van der Waals surface area contributed by atoms with Gasteiger partial charge in [-0.3, -0.25) is 19.2 Å². The molecule has 1 aliphatic rings. The number of rotatable bonds is 10. The van der Waals surface area contributed by atoms with Crippen LogP contribution in [0.15, 0.2) is 103 Å². The average molecular weight is 606 g/mol. The number of hydrogen-bond acceptors (Lipinski definition) is 5. The fourth-order valence-corrected chi connectivity index (χ4v) is 5.40. The first-order valence-corrected chi connectivity index (χ1v) is 14.9. The number of ether oxygens (including phenoxy) is 1. The number of amides is 4. The molecule has 1 aliphatic heterocycles. The molecule has 1 unspecified atom stereocenters. The van der Waals surface area contributed by atoms with Gasteiger partial charge in [0.15, 0.2) is 0 Å². The molecule has 5 aromatic rings. The third kappa shape index (κ3) is 6.40. The van der Waals surface area contributed by atoms with Gasteiger partial charge in [0, 0.05) is 11.6 Å². The quantitative estimate of drug-likeness (QED) is 0.140. The van der Waals surface area contributed by atoms with E-state index in [9.17, 15) is 18.8 Å². The van der Waals surface area contributed by atoms with E-state index in [4.69, 9.17) is 4.74 Å². The van der Waals surface area contributed by atoms with E-state index in [0.29, 0.717) is 36.0 Å². The lowest BCUT2D eigenvalue weighted by Gasteiger charge is -2.27. The molecule has 0 spiro atoms. The number of imide groups is 1. The van der Waals surface area contributed by atoms with E-state index in [2.05, 4.69) is 17.3 Å². The molecule has 0 bridgehead atoms. The number of aromatic nitrogens is 2. The highest BCUT2D eigenvalue weighted by molar-refractivity contribution is 6.25. The molecule has 228 valence electrons. The first kappa shape index (κ1) is 29.6. The van der Waals surface area contributed by atoms with Crippen LogP contribution in [0.4, 0.5) is 26.2 Å². The van der Waals surface area contributed by atoms with Crippen LogP contribution in [0.3, 0.4) is 0 Å². The van der Waals surface area contributed by atoms with Crippen molar-refractivity contribution >= 4 is 45.7 Å². The minimum Gasteiger partial charge on any atom is -0.494 e. The minimum atomic E-state index is -1.11. The molecule has 9 nitrogen and oxygen atoms in total. The number of fused-ring (bicyclic) bond motifs is 1. The van der Waals surface area contributed by atoms with E-state index in [1.54, 1.807) is 53.3 Å². The number of nitrogens with zero attached hydrogens (tertiary/aromatic N) is 4. The SMILES string of the molecule is CCCCOc1ccc(N2C(=O)CC(N(C(=O)Nc3cccc4ccccc34)c3cnn(Cc4ccc(F)cc4)c3)C2=O)cc1. The lowest BCUT2D eigenvalue weighted by Crippen LogP contribution is -2.47. The molecule has 1 N–H and O–H groups in total. The summed E-state index contributed by atoms with van der Waals surface area (Å²) in [5.74, 6) is -0.651. The van der Waals surface area contributed by atoms with Crippen LogP contribution in [0.2, 0.25) is 0 Å². The lowest BCUT2D eigenvalue weighted by atomic mass is 10.1. The van der Waals surface area contributed by atoms with Crippen molar-refractivity contribution in [2.75, 3.05) is 21.7 Å². The summed E-state index contributed by atoms with van der Waals surface area (Å²) in [5, 5.41) is 9.13. The Hall–Kier alpha value is -5.51. The van der Waals surface area contributed by atoms with Crippen LogP contribution in [-0.2, 0) is 16.1 Å². The summed E-state index contributed by atoms with van der Waals surface area (Å²) in [5.41, 5.74) is 2.10. The Morgan fingerprint density at radius 1 is 1.00 bits per heavy atom. The van der Waals surface area contributed by atoms with Gasteiger partial charge < -0.3 is 10.1 Å². The fourth-order valence-electron chi connectivity index (χ4n) is 5.40. The van der Waals surface area contributed by atoms with Crippen molar-refractivity contribution in [1.29, 1.82) is 0 Å². The van der Waals surface area contributed by atoms with Gasteiger partial charge in [-0.25, -0.2) is 14.1 Å². The van der Waals surface area contributed by atoms with Gasteiger partial charge in [-0.1, -0.05) is 61.9 Å². The molecule has 1 atom stereocenters. The van der Waals surface area contributed by atoms with Crippen molar-refractivity contribution in [3.63, 3.8) is 0 Å². The number of nitrogens with one attached hydrogen (secondary N) is 1. The van der Waals surface area contributed by atoms with Crippen molar-refractivity contribution in [3.05, 3.63) is 115 Å². The van der Waals surface area contributed by atoms with Crippen LogP contribution in [0.25, 0.3) is 10.8 Å². The zero-order valence-corrected chi connectivity index (χ0v) is 24.7. The summed E-state index contributed by atoms with van der Waals surface area (Å²) in [6.45, 7) is 2.97. The summed E-state index contributed by atoms with van der Waals surface area (Å²) < 4.78 is 20.8. The monoisotopic (exact) mass is 605 g/mol. The van der Waals surface area contributed by atoms with Crippen molar-refractivity contribution in [1.82, 2.24) is 9.78 Å². The normalized spacial score (nSPS) is 14.6. The van der Waals surface area contributed by atoms with Gasteiger partial charge >= 0.3 is 6.03 Å². The molecule has 1 fully saturated rings. The third-order valence-electron chi connectivity index (χ3n) is 7.70. The molecule has 0 aliphatic carbocycles. The van der Waals surface area contributed by atoms with E-state index in [0.717, 1.165) is 34.1 Å². The summed E-state index contributed by atoms with van der Waals surface area (Å²) in [4.78, 5) is 43.7. The second kappa shape index (κ2) is 13.0. The van der Waals surface area contributed by atoms with Crippen molar-refractivity contribution in [2.45, 2.75) is 38.8 Å². The number of carbonyl (C=O) groups is 3. The summed E-state index contributed by atoms with van der Waals surface area (Å²) >= 11 is 0.